The molecule has 8 nitrogen and oxygen atoms in total. The Morgan fingerprint density at radius 1 is 1.22 bits per heavy atom. The number of alkyl halides is 4. The predicted octanol–water partition coefficient (Wildman–Crippen LogP) is 3.64. The largest absolute Gasteiger partial charge is 0.370 e. The average molecular weight is 551 g/mol. The van der Waals surface area contributed by atoms with E-state index in [1.165, 1.54) is 36.2 Å². The van der Waals surface area contributed by atoms with E-state index in [9.17, 15) is 31.9 Å². The predicted molar refractivity (Wildman–Crippen MR) is 127 cm³/mol. The number of nitrogens with zero attached hydrogens (tertiary/aromatic N) is 2. The molecule has 1 atom stereocenters. The highest BCUT2D eigenvalue weighted by Gasteiger charge is 2.29. The lowest BCUT2D eigenvalue weighted by atomic mass is 10.1. The van der Waals surface area contributed by atoms with Gasteiger partial charge in [-0.15, -0.1) is 11.3 Å². The number of morpholine rings is 1. The SMILES string of the molecule is CN(CC(F)F)[C@@H](CNC(=O)c1ccc(Cl)s1)C(=O)Nc1ccc(N2CCOCC2=O)c(C(F)F)c1. The Kier molecular flexibility index (Phi) is 9.65. The molecule has 3 rings (SSSR count). The van der Waals surface area contributed by atoms with Crippen LogP contribution in [-0.4, -0.2) is 75.0 Å². The monoisotopic (exact) mass is 550 g/mol. The molecular formula is C22H23ClF4N4O4S. The minimum absolute atomic E-state index is 0.00969. The summed E-state index contributed by atoms with van der Waals surface area (Å²) < 4.78 is 59.0. The van der Waals surface area contributed by atoms with Crippen LogP contribution in [0.25, 0.3) is 0 Å². The van der Waals surface area contributed by atoms with E-state index in [1.807, 2.05) is 0 Å². The zero-order chi connectivity index (χ0) is 26.4. The van der Waals surface area contributed by atoms with E-state index >= 15 is 0 Å². The molecule has 14 heteroatoms. The number of hydrogen-bond acceptors (Lipinski definition) is 6. The van der Waals surface area contributed by atoms with Gasteiger partial charge in [-0.3, -0.25) is 19.3 Å². The van der Waals surface area contributed by atoms with Gasteiger partial charge in [-0.25, -0.2) is 17.6 Å². The Bertz CT molecular complexity index is 1100. The highest BCUT2D eigenvalue weighted by molar-refractivity contribution is 7.18. The Morgan fingerprint density at radius 2 is 1.97 bits per heavy atom. The third-order valence-corrected chi connectivity index (χ3v) is 6.55. The zero-order valence-electron chi connectivity index (χ0n) is 19.0. The second-order valence-corrected chi connectivity index (χ2v) is 9.54. The van der Waals surface area contributed by atoms with Crippen LogP contribution in [0.15, 0.2) is 30.3 Å². The molecule has 1 fully saturated rings. The van der Waals surface area contributed by atoms with Crippen molar-refractivity contribution in [3.63, 3.8) is 0 Å². The van der Waals surface area contributed by atoms with Crippen molar-refractivity contribution >= 4 is 52.0 Å². The van der Waals surface area contributed by atoms with Crippen LogP contribution in [0.2, 0.25) is 4.34 Å². The minimum Gasteiger partial charge on any atom is -0.370 e. The lowest BCUT2D eigenvalue weighted by molar-refractivity contribution is -0.125. The fourth-order valence-corrected chi connectivity index (χ4v) is 4.52. The maximum atomic E-state index is 13.8. The summed E-state index contributed by atoms with van der Waals surface area (Å²) in [5, 5.41) is 4.95. The van der Waals surface area contributed by atoms with Crippen molar-refractivity contribution in [2.75, 3.05) is 50.1 Å². The molecule has 3 amide bonds. The molecular weight excluding hydrogens is 528 g/mol. The standard InChI is InChI=1S/C22H23ClF4N4O4S/c1-30(10-18(24)25)15(9-28-22(34)16-4-5-17(23)36-16)21(33)29-12-2-3-14(13(8-12)20(26)27)31-6-7-35-11-19(31)32/h2-5,8,15,18,20H,6-7,9-11H2,1H3,(H,28,34)(H,29,33)/t15-/m0/s1. The van der Waals surface area contributed by atoms with E-state index in [2.05, 4.69) is 10.6 Å². The van der Waals surface area contributed by atoms with Crippen LogP contribution in [0.5, 0.6) is 0 Å². The van der Waals surface area contributed by atoms with Crippen molar-refractivity contribution in [2.24, 2.45) is 0 Å². The van der Waals surface area contributed by atoms with E-state index < -0.39 is 48.7 Å². The third kappa shape index (κ3) is 7.15. The second-order valence-electron chi connectivity index (χ2n) is 7.82. The Morgan fingerprint density at radius 3 is 2.58 bits per heavy atom. The van der Waals surface area contributed by atoms with Gasteiger partial charge >= 0.3 is 0 Å². The lowest BCUT2D eigenvalue weighted by Gasteiger charge is -2.29. The summed E-state index contributed by atoms with van der Waals surface area (Å²) in [6.07, 6.45) is -5.71. The van der Waals surface area contributed by atoms with Crippen LogP contribution in [0.1, 0.15) is 21.7 Å². The van der Waals surface area contributed by atoms with Crippen molar-refractivity contribution in [3.8, 4) is 0 Å². The van der Waals surface area contributed by atoms with E-state index in [0.717, 1.165) is 22.3 Å². The number of rotatable bonds is 10. The van der Waals surface area contributed by atoms with E-state index in [1.54, 1.807) is 0 Å². The number of hydrogen-bond donors (Lipinski definition) is 2. The highest BCUT2D eigenvalue weighted by Crippen LogP contribution is 2.33. The molecule has 36 heavy (non-hydrogen) atoms. The Hall–Kier alpha value is -2.74. The van der Waals surface area contributed by atoms with Gasteiger partial charge in [0.05, 0.1) is 28.1 Å². The van der Waals surface area contributed by atoms with Crippen LogP contribution in [0, 0.1) is 0 Å². The quantitative estimate of drug-likeness (QED) is 0.441. The smallest absolute Gasteiger partial charge is 0.265 e. The number of halogens is 5. The number of carbonyl (C=O) groups is 3. The van der Waals surface area contributed by atoms with Gasteiger partial charge in [0.2, 0.25) is 5.91 Å². The topological polar surface area (TPSA) is 91.0 Å². The summed E-state index contributed by atoms with van der Waals surface area (Å²) in [5.41, 5.74) is -0.514. The first-order chi connectivity index (χ1) is 17.1. The summed E-state index contributed by atoms with van der Waals surface area (Å²) >= 11 is 6.83. The van der Waals surface area contributed by atoms with Crippen LogP contribution < -0.4 is 15.5 Å². The normalized spacial score (nSPS) is 15.0. The molecule has 1 saturated heterocycles. The van der Waals surface area contributed by atoms with E-state index in [-0.39, 0.29) is 42.6 Å². The number of nitrogens with one attached hydrogen (secondary N) is 2. The molecule has 0 unspecified atom stereocenters. The van der Waals surface area contributed by atoms with Gasteiger partial charge in [-0.2, -0.15) is 0 Å². The molecule has 1 aromatic heterocycles. The van der Waals surface area contributed by atoms with Crippen LogP contribution in [-0.2, 0) is 14.3 Å². The minimum atomic E-state index is -2.96. The first kappa shape index (κ1) is 27.8. The number of thiophene rings is 1. The fourth-order valence-electron chi connectivity index (χ4n) is 3.56. The molecule has 2 N–H and O–H groups in total. The Labute approximate surface area is 213 Å². The fraction of sp³-hybridized carbons (Fsp3) is 0.409. The number of benzene rings is 1. The number of likely N-dealkylation sites (N-methyl/N-ethyl adjacent to an activating group) is 1. The van der Waals surface area contributed by atoms with Gasteiger partial charge in [-0.05, 0) is 37.4 Å². The van der Waals surface area contributed by atoms with Gasteiger partial charge in [0.15, 0.2) is 0 Å². The Balaban J connectivity index is 1.77. The number of carbonyl (C=O) groups excluding carboxylic acids is 3. The lowest BCUT2D eigenvalue weighted by Crippen LogP contribution is -2.50. The van der Waals surface area contributed by atoms with Crippen LogP contribution >= 0.6 is 22.9 Å². The molecule has 2 heterocycles. The maximum absolute atomic E-state index is 13.8. The zero-order valence-corrected chi connectivity index (χ0v) is 20.6. The van der Waals surface area contributed by atoms with Gasteiger partial charge in [0.1, 0.15) is 12.6 Å². The van der Waals surface area contributed by atoms with Crippen molar-refractivity contribution in [3.05, 3.63) is 45.1 Å². The molecule has 1 aliphatic heterocycles. The third-order valence-electron chi connectivity index (χ3n) is 5.32. The molecule has 0 radical (unpaired) electrons. The summed E-state index contributed by atoms with van der Waals surface area (Å²) in [5.74, 6) is -1.82. The van der Waals surface area contributed by atoms with Crippen LogP contribution in [0.4, 0.5) is 28.9 Å². The molecule has 2 aromatic rings. The number of anilines is 2. The molecule has 196 valence electrons. The van der Waals surface area contributed by atoms with Crippen molar-refractivity contribution in [1.82, 2.24) is 10.2 Å². The molecule has 0 aliphatic carbocycles. The molecule has 0 saturated carbocycles. The average Bonchev–Trinajstić information content (AvgIpc) is 3.25. The van der Waals surface area contributed by atoms with Gasteiger partial charge in [0, 0.05) is 24.3 Å². The second kappa shape index (κ2) is 12.5. The van der Waals surface area contributed by atoms with E-state index in [0.29, 0.717) is 4.34 Å². The first-order valence-electron chi connectivity index (χ1n) is 10.7. The first-order valence-corrected chi connectivity index (χ1v) is 11.9. The van der Waals surface area contributed by atoms with Gasteiger partial charge in [-0.1, -0.05) is 11.6 Å². The van der Waals surface area contributed by atoms with Gasteiger partial charge < -0.3 is 20.3 Å². The van der Waals surface area contributed by atoms with Crippen LogP contribution in [0.3, 0.4) is 0 Å². The molecule has 1 aromatic carbocycles. The van der Waals surface area contributed by atoms with Crippen molar-refractivity contribution < 1.29 is 36.7 Å². The summed E-state index contributed by atoms with van der Waals surface area (Å²) in [6.45, 7) is -1.04. The summed E-state index contributed by atoms with van der Waals surface area (Å²) in [4.78, 5) is 39.9. The summed E-state index contributed by atoms with van der Waals surface area (Å²) in [7, 11) is 1.28. The maximum Gasteiger partial charge on any atom is 0.265 e. The number of ether oxygens (including phenoxy) is 1. The molecule has 0 bridgehead atoms. The number of amides is 3. The van der Waals surface area contributed by atoms with E-state index in [4.69, 9.17) is 16.3 Å². The molecule has 0 spiro atoms. The molecule has 1 aliphatic rings. The van der Waals surface area contributed by atoms with Crippen molar-refractivity contribution in [1.29, 1.82) is 0 Å². The highest BCUT2D eigenvalue weighted by atomic mass is 35.5. The van der Waals surface area contributed by atoms with Crippen molar-refractivity contribution in [2.45, 2.75) is 18.9 Å². The summed E-state index contributed by atoms with van der Waals surface area (Å²) in [6, 6.07) is 5.39. The van der Waals surface area contributed by atoms with Gasteiger partial charge in [0.25, 0.3) is 24.7 Å².